The number of para-hydroxylation sites is 1. The van der Waals surface area contributed by atoms with E-state index in [2.05, 4.69) is 15.6 Å². The molecule has 4 rings (SSSR count). The van der Waals surface area contributed by atoms with Crippen molar-refractivity contribution < 1.29 is 9.53 Å². The van der Waals surface area contributed by atoms with E-state index in [1.807, 2.05) is 30.3 Å². The summed E-state index contributed by atoms with van der Waals surface area (Å²) in [6.07, 6.45) is 3.42. The van der Waals surface area contributed by atoms with Crippen molar-refractivity contribution in [2.45, 2.75) is 6.17 Å². The number of rotatable bonds is 1. The lowest BCUT2D eigenvalue weighted by atomic mass is 10.0. The van der Waals surface area contributed by atoms with Gasteiger partial charge in [-0.05, 0) is 24.3 Å². The fourth-order valence-electron chi connectivity index (χ4n) is 2.57. The molecule has 1 aromatic heterocycles. The Morgan fingerprint density at radius 1 is 1.14 bits per heavy atom. The zero-order chi connectivity index (χ0) is 14.2. The van der Waals surface area contributed by atoms with E-state index >= 15 is 0 Å². The topological polar surface area (TPSA) is 63.2 Å². The Balaban J connectivity index is 1.68. The molecule has 5 heteroatoms. The molecule has 0 fully saturated rings. The van der Waals surface area contributed by atoms with Gasteiger partial charge < -0.3 is 15.4 Å². The molecule has 1 unspecified atom stereocenters. The number of amides is 1. The van der Waals surface area contributed by atoms with Gasteiger partial charge in [0, 0.05) is 17.3 Å². The lowest BCUT2D eigenvalue weighted by molar-refractivity contribution is 0.0939. The zero-order valence-electron chi connectivity index (χ0n) is 11.2. The second-order valence-corrected chi connectivity index (χ2v) is 5.00. The molecule has 2 N–H and O–H groups in total. The number of carbonyl (C=O) groups excluding carboxylic acids is 1. The third kappa shape index (κ3) is 2.03. The number of hydrogen-bond acceptors (Lipinski definition) is 4. The maximum atomic E-state index is 12.1. The molecule has 21 heavy (non-hydrogen) atoms. The minimum Gasteiger partial charge on any atom is -0.488 e. The summed E-state index contributed by atoms with van der Waals surface area (Å²) in [5, 5.41) is 6.17. The average molecular weight is 279 g/mol. The van der Waals surface area contributed by atoms with Crippen molar-refractivity contribution in [2.75, 3.05) is 11.9 Å². The fraction of sp³-hybridized carbons (Fsp3) is 0.125. The van der Waals surface area contributed by atoms with Gasteiger partial charge in [0.05, 0.1) is 5.56 Å². The standard InChI is InChI=1S/C16H13N3O2/c20-16-12-5-3-7-17-15(12)18-14(19-16)11-8-10-4-1-2-6-13(10)21-9-11/h1-8,14H,9H2,(H,17,18)(H,19,20). The molecule has 104 valence electrons. The Hall–Kier alpha value is -2.82. The van der Waals surface area contributed by atoms with Gasteiger partial charge in [-0.1, -0.05) is 18.2 Å². The highest BCUT2D eigenvalue weighted by Crippen LogP contribution is 2.28. The minimum absolute atomic E-state index is 0.124. The summed E-state index contributed by atoms with van der Waals surface area (Å²) in [6.45, 7) is 0.442. The first-order valence-corrected chi connectivity index (χ1v) is 6.76. The molecule has 0 radical (unpaired) electrons. The number of carbonyl (C=O) groups is 1. The third-order valence-corrected chi connectivity index (χ3v) is 3.63. The summed E-state index contributed by atoms with van der Waals surface area (Å²) in [7, 11) is 0. The van der Waals surface area contributed by atoms with Crippen molar-refractivity contribution in [1.82, 2.24) is 10.3 Å². The summed E-state index contributed by atoms with van der Waals surface area (Å²) < 4.78 is 5.73. The number of pyridine rings is 1. The average Bonchev–Trinajstić information content (AvgIpc) is 2.54. The molecular formula is C16H13N3O2. The van der Waals surface area contributed by atoms with Gasteiger partial charge >= 0.3 is 0 Å². The van der Waals surface area contributed by atoms with Crippen molar-refractivity contribution in [3.05, 3.63) is 59.3 Å². The third-order valence-electron chi connectivity index (χ3n) is 3.63. The second-order valence-electron chi connectivity index (χ2n) is 5.00. The summed E-state index contributed by atoms with van der Waals surface area (Å²) in [4.78, 5) is 16.3. The summed E-state index contributed by atoms with van der Waals surface area (Å²) in [5.74, 6) is 1.34. The maximum absolute atomic E-state index is 12.1. The molecule has 1 aromatic carbocycles. The zero-order valence-corrected chi connectivity index (χ0v) is 11.2. The molecule has 0 saturated carbocycles. The fourth-order valence-corrected chi connectivity index (χ4v) is 2.57. The maximum Gasteiger partial charge on any atom is 0.256 e. The normalized spacial score (nSPS) is 19.3. The Morgan fingerprint density at radius 3 is 3.00 bits per heavy atom. The largest absolute Gasteiger partial charge is 0.488 e. The van der Waals surface area contributed by atoms with Crippen LogP contribution in [0.4, 0.5) is 5.82 Å². The molecule has 0 bridgehead atoms. The Bertz CT molecular complexity index is 755. The highest BCUT2D eigenvalue weighted by Gasteiger charge is 2.28. The van der Waals surface area contributed by atoms with Crippen LogP contribution in [0.2, 0.25) is 0 Å². The molecular weight excluding hydrogens is 266 g/mol. The smallest absolute Gasteiger partial charge is 0.256 e. The number of anilines is 1. The Kier molecular flexibility index (Phi) is 2.64. The predicted molar refractivity (Wildman–Crippen MR) is 79.0 cm³/mol. The van der Waals surface area contributed by atoms with E-state index < -0.39 is 0 Å². The van der Waals surface area contributed by atoms with Crippen molar-refractivity contribution >= 4 is 17.8 Å². The van der Waals surface area contributed by atoms with Crippen LogP contribution in [0.15, 0.2) is 48.2 Å². The van der Waals surface area contributed by atoms with Gasteiger partial charge in [0.25, 0.3) is 5.91 Å². The summed E-state index contributed by atoms with van der Waals surface area (Å²) in [5.41, 5.74) is 2.55. The van der Waals surface area contributed by atoms with E-state index in [-0.39, 0.29) is 12.1 Å². The first kappa shape index (κ1) is 12.0. The predicted octanol–water partition coefficient (Wildman–Crippen LogP) is 2.04. The number of fused-ring (bicyclic) bond motifs is 2. The van der Waals surface area contributed by atoms with Crippen molar-refractivity contribution in [2.24, 2.45) is 0 Å². The molecule has 2 aliphatic heterocycles. The van der Waals surface area contributed by atoms with Crippen molar-refractivity contribution in [3.63, 3.8) is 0 Å². The van der Waals surface area contributed by atoms with Crippen molar-refractivity contribution in [1.29, 1.82) is 0 Å². The number of nitrogens with one attached hydrogen (secondary N) is 2. The summed E-state index contributed by atoms with van der Waals surface area (Å²) >= 11 is 0. The number of aromatic nitrogens is 1. The van der Waals surface area contributed by atoms with Gasteiger partial charge in [-0.25, -0.2) is 4.98 Å². The minimum atomic E-state index is -0.298. The van der Waals surface area contributed by atoms with E-state index in [0.717, 1.165) is 16.9 Å². The number of benzene rings is 1. The van der Waals surface area contributed by atoms with Gasteiger partial charge in [0.15, 0.2) is 0 Å². The molecule has 1 atom stereocenters. The lowest BCUT2D eigenvalue weighted by Gasteiger charge is -2.30. The van der Waals surface area contributed by atoms with Crippen LogP contribution in [0.3, 0.4) is 0 Å². The van der Waals surface area contributed by atoms with E-state index in [1.54, 1.807) is 18.3 Å². The first-order valence-electron chi connectivity index (χ1n) is 6.76. The number of hydrogen-bond donors (Lipinski definition) is 2. The van der Waals surface area contributed by atoms with Crippen LogP contribution < -0.4 is 15.4 Å². The van der Waals surface area contributed by atoms with Crippen LogP contribution in [-0.2, 0) is 0 Å². The Labute approximate surface area is 121 Å². The molecule has 3 heterocycles. The SMILES string of the molecule is O=C1NC(C2=Cc3ccccc3OC2)Nc2ncccc21. The molecule has 0 saturated heterocycles. The summed E-state index contributed by atoms with van der Waals surface area (Å²) in [6, 6.07) is 11.3. The van der Waals surface area contributed by atoms with Gasteiger partial charge in [-0.15, -0.1) is 0 Å². The number of ether oxygens (including phenoxy) is 1. The van der Waals surface area contributed by atoms with Crippen LogP contribution in [0.5, 0.6) is 5.75 Å². The van der Waals surface area contributed by atoms with Gasteiger partial charge in [-0.3, -0.25) is 4.79 Å². The van der Waals surface area contributed by atoms with Crippen LogP contribution in [-0.4, -0.2) is 23.7 Å². The molecule has 0 spiro atoms. The van der Waals surface area contributed by atoms with Crippen molar-refractivity contribution in [3.8, 4) is 5.75 Å². The van der Waals surface area contributed by atoms with Gasteiger partial charge in [0.1, 0.15) is 24.3 Å². The molecule has 2 aliphatic rings. The van der Waals surface area contributed by atoms with E-state index in [1.165, 1.54) is 0 Å². The lowest BCUT2D eigenvalue weighted by Crippen LogP contribution is -2.47. The Morgan fingerprint density at radius 2 is 2.05 bits per heavy atom. The quantitative estimate of drug-likeness (QED) is 0.838. The molecule has 2 aromatic rings. The van der Waals surface area contributed by atoms with Crippen LogP contribution in [0, 0.1) is 0 Å². The molecule has 5 nitrogen and oxygen atoms in total. The second kappa shape index (κ2) is 4.63. The first-order chi connectivity index (χ1) is 10.3. The van der Waals surface area contributed by atoms with E-state index in [9.17, 15) is 4.79 Å². The molecule has 1 amide bonds. The van der Waals surface area contributed by atoms with Crippen LogP contribution in [0.1, 0.15) is 15.9 Å². The van der Waals surface area contributed by atoms with Gasteiger partial charge in [0.2, 0.25) is 0 Å². The molecule has 0 aliphatic carbocycles. The van der Waals surface area contributed by atoms with Gasteiger partial charge in [-0.2, -0.15) is 0 Å². The highest BCUT2D eigenvalue weighted by molar-refractivity contribution is 6.01. The number of nitrogens with zero attached hydrogens (tertiary/aromatic N) is 1. The monoisotopic (exact) mass is 279 g/mol. The highest BCUT2D eigenvalue weighted by atomic mass is 16.5. The van der Waals surface area contributed by atoms with Crippen LogP contribution >= 0.6 is 0 Å². The van der Waals surface area contributed by atoms with E-state index in [0.29, 0.717) is 18.0 Å². The van der Waals surface area contributed by atoms with Crippen LogP contribution in [0.25, 0.3) is 6.08 Å². The van der Waals surface area contributed by atoms with E-state index in [4.69, 9.17) is 4.74 Å².